The minimum atomic E-state index is -3.75. The van der Waals surface area contributed by atoms with Crippen molar-refractivity contribution in [2.24, 2.45) is 0 Å². The Labute approximate surface area is 216 Å². The molecule has 0 fully saturated rings. The molecule has 0 aliphatic carbocycles. The Morgan fingerprint density at radius 3 is 2.17 bits per heavy atom. The van der Waals surface area contributed by atoms with Crippen LogP contribution in [-0.4, -0.2) is 50.5 Å². The van der Waals surface area contributed by atoms with Crippen LogP contribution in [0.25, 0.3) is 0 Å². The predicted octanol–water partition coefficient (Wildman–Crippen LogP) is 4.39. The molecule has 0 spiro atoms. The smallest absolute Gasteiger partial charge is 0.244 e. The van der Waals surface area contributed by atoms with Gasteiger partial charge in [0.15, 0.2) is 0 Å². The summed E-state index contributed by atoms with van der Waals surface area (Å²) < 4.78 is 26.6. The number of nitrogens with one attached hydrogen (secondary N) is 1. The van der Waals surface area contributed by atoms with E-state index >= 15 is 0 Å². The fraction of sp³-hybridized carbons (Fsp3) is 0.500. The maximum atomic E-state index is 13.6. The highest BCUT2D eigenvalue weighted by molar-refractivity contribution is 7.92. The number of hydrogen-bond donors (Lipinski definition) is 1. The Balaban J connectivity index is 2.38. The fourth-order valence-electron chi connectivity index (χ4n) is 3.83. The molecule has 1 atom stereocenters. The highest BCUT2D eigenvalue weighted by Gasteiger charge is 2.30. The molecule has 0 saturated heterocycles. The molecule has 36 heavy (non-hydrogen) atoms. The Morgan fingerprint density at radius 2 is 1.64 bits per heavy atom. The molecule has 0 unspecified atom stereocenters. The van der Waals surface area contributed by atoms with Crippen LogP contribution in [0.4, 0.5) is 5.69 Å². The third-order valence-corrected chi connectivity index (χ3v) is 7.44. The number of nitrogens with zero attached hydrogens (tertiary/aromatic N) is 2. The molecular formula is C28H41N3O4S. The molecule has 0 aromatic heterocycles. The average molecular weight is 516 g/mol. The molecule has 2 aromatic carbocycles. The standard InChI is InChI=1S/C28H41N3O4S/c1-8-9-18-29-27(33)22(3)30(19-23-13-11-10-12-21(23)2)26(32)20-31(36(7,34)35)25-16-14-24(15-17-25)28(4,5)6/h10-17,22H,8-9,18-20H2,1-7H3,(H,29,33)/t22-/m1/s1. The molecule has 2 amide bonds. The van der Waals surface area contributed by atoms with E-state index in [-0.39, 0.29) is 17.9 Å². The van der Waals surface area contributed by atoms with Gasteiger partial charge >= 0.3 is 0 Å². The maximum absolute atomic E-state index is 13.6. The van der Waals surface area contributed by atoms with E-state index in [2.05, 4.69) is 26.1 Å². The van der Waals surface area contributed by atoms with Gasteiger partial charge in [-0.3, -0.25) is 13.9 Å². The van der Waals surface area contributed by atoms with Crippen molar-refractivity contribution in [3.05, 3.63) is 65.2 Å². The van der Waals surface area contributed by atoms with Gasteiger partial charge in [0.2, 0.25) is 21.8 Å². The molecule has 2 aromatic rings. The summed E-state index contributed by atoms with van der Waals surface area (Å²) in [5.41, 5.74) is 3.28. The van der Waals surface area contributed by atoms with Crippen molar-refractivity contribution >= 4 is 27.5 Å². The lowest BCUT2D eigenvalue weighted by Gasteiger charge is -2.32. The first-order valence-corrected chi connectivity index (χ1v) is 14.3. The first-order chi connectivity index (χ1) is 16.8. The number of carbonyl (C=O) groups is 2. The molecule has 198 valence electrons. The van der Waals surface area contributed by atoms with Crippen LogP contribution in [0.3, 0.4) is 0 Å². The molecular weight excluding hydrogens is 474 g/mol. The predicted molar refractivity (Wildman–Crippen MR) is 146 cm³/mol. The Morgan fingerprint density at radius 1 is 1.03 bits per heavy atom. The molecule has 0 radical (unpaired) electrons. The molecule has 0 aliphatic rings. The first kappa shape index (κ1) is 29.4. The molecule has 0 saturated carbocycles. The second-order valence-corrected chi connectivity index (χ2v) is 12.2. The second-order valence-electron chi connectivity index (χ2n) is 10.3. The quantitative estimate of drug-likeness (QED) is 0.450. The van der Waals surface area contributed by atoms with E-state index in [0.29, 0.717) is 12.2 Å². The first-order valence-electron chi connectivity index (χ1n) is 12.5. The summed E-state index contributed by atoms with van der Waals surface area (Å²) in [5.74, 6) is -0.701. The van der Waals surface area contributed by atoms with Crippen molar-refractivity contribution in [3.63, 3.8) is 0 Å². The number of aryl methyl sites for hydroxylation is 1. The van der Waals surface area contributed by atoms with Gasteiger partial charge in [0.05, 0.1) is 11.9 Å². The van der Waals surface area contributed by atoms with Gasteiger partial charge in [-0.1, -0.05) is 70.5 Å². The lowest BCUT2D eigenvalue weighted by atomic mass is 9.87. The van der Waals surface area contributed by atoms with Gasteiger partial charge in [-0.15, -0.1) is 0 Å². The minimum absolute atomic E-state index is 0.0881. The van der Waals surface area contributed by atoms with E-state index in [1.807, 2.05) is 50.2 Å². The van der Waals surface area contributed by atoms with Gasteiger partial charge in [0, 0.05) is 13.1 Å². The van der Waals surface area contributed by atoms with Crippen molar-refractivity contribution in [2.75, 3.05) is 23.7 Å². The summed E-state index contributed by atoms with van der Waals surface area (Å²) in [6, 6.07) is 14.1. The van der Waals surface area contributed by atoms with Gasteiger partial charge in [0.25, 0.3) is 0 Å². The lowest BCUT2D eigenvalue weighted by Crippen LogP contribution is -2.51. The molecule has 2 rings (SSSR count). The molecule has 1 N–H and O–H groups in total. The zero-order valence-electron chi connectivity index (χ0n) is 22.7. The van der Waals surface area contributed by atoms with E-state index < -0.39 is 28.5 Å². The third-order valence-electron chi connectivity index (χ3n) is 6.30. The normalized spacial score (nSPS) is 12.6. The number of carbonyl (C=O) groups excluding carboxylic acids is 2. The van der Waals surface area contributed by atoms with Gasteiger partial charge in [0.1, 0.15) is 12.6 Å². The lowest BCUT2D eigenvalue weighted by molar-refractivity contribution is -0.139. The minimum Gasteiger partial charge on any atom is -0.354 e. The largest absolute Gasteiger partial charge is 0.354 e. The van der Waals surface area contributed by atoms with Crippen molar-refractivity contribution in [1.29, 1.82) is 0 Å². The average Bonchev–Trinajstić information content (AvgIpc) is 2.80. The Bertz CT molecular complexity index is 1140. The molecule has 0 heterocycles. The number of anilines is 1. The highest BCUT2D eigenvalue weighted by atomic mass is 32.2. The van der Waals surface area contributed by atoms with E-state index in [0.717, 1.165) is 40.1 Å². The number of hydrogen-bond acceptors (Lipinski definition) is 4. The summed E-state index contributed by atoms with van der Waals surface area (Å²) in [7, 11) is -3.75. The van der Waals surface area contributed by atoms with E-state index in [1.165, 1.54) is 4.90 Å². The van der Waals surface area contributed by atoms with Crippen LogP contribution in [0.2, 0.25) is 0 Å². The summed E-state index contributed by atoms with van der Waals surface area (Å²) in [6.07, 6.45) is 2.87. The number of rotatable bonds is 11. The molecule has 0 aliphatic heterocycles. The van der Waals surface area contributed by atoms with Gasteiger partial charge in [-0.2, -0.15) is 0 Å². The van der Waals surface area contributed by atoms with Gasteiger partial charge in [-0.05, 0) is 54.5 Å². The zero-order valence-corrected chi connectivity index (χ0v) is 23.5. The van der Waals surface area contributed by atoms with Gasteiger partial charge in [-0.25, -0.2) is 8.42 Å². The van der Waals surface area contributed by atoms with Crippen molar-refractivity contribution in [3.8, 4) is 0 Å². The summed E-state index contributed by atoms with van der Waals surface area (Å²) in [4.78, 5) is 28.0. The number of amides is 2. The van der Waals surface area contributed by atoms with E-state index in [4.69, 9.17) is 0 Å². The number of benzene rings is 2. The highest BCUT2D eigenvalue weighted by Crippen LogP contribution is 2.26. The van der Waals surface area contributed by atoms with Gasteiger partial charge < -0.3 is 10.2 Å². The molecule has 0 bridgehead atoms. The Kier molecular flexibility index (Phi) is 10.1. The van der Waals surface area contributed by atoms with Crippen LogP contribution in [0.15, 0.2) is 48.5 Å². The van der Waals surface area contributed by atoms with E-state index in [9.17, 15) is 18.0 Å². The SMILES string of the molecule is CCCCNC(=O)[C@@H](C)N(Cc1ccccc1C)C(=O)CN(c1ccc(C(C)(C)C)cc1)S(C)(=O)=O. The van der Waals surface area contributed by atoms with Crippen molar-refractivity contribution < 1.29 is 18.0 Å². The second kappa shape index (κ2) is 12.4. The van der Waals surface area contributed by atoms with Crippen LogP contribution in [-0.2, 0) is 31.6 Å². The zero-order chi connectivity index (χ0) is 27.1. The number of unbranched alkanes of at least 4 members (excludes halogenated alkanes) is 1. The summed E-state index contributed by atoms with van der Waals surface area (Å²) in [5, 5.41) is 2.89. The number of sulfonamides is 1. The van der Waals surface area contributed by atoms with E-state index in [1.54, 1.807) is 19.1 Å². The third kappa shape index (κ3) is 8.08. The molecule has 8 heteroatoms. The van der Waals surface area contributed by atoms with Crippen molar-refractivity contribution in [2.45, 2.75) is 72.4 Å². The van der Waals surface area contributed by atoms with Crippen LogP contribution in [0, 0.1) is 6.92 Å². The fourth-order valence-corrected chi connectivity index (χ4v) is 4.68. The van der Waals surface area contributed by atoms with Crippen LogP contribution < -0.4 is 9.62 Å². The summed E-state index contributed by atoms with van der Waals surface area (Å²) >= 11 is 0. The molecule has 7 nitrogen and oxygen atoms in total. The topological polar surface area (TPSA) is 86.8 Å². The van der Waals surface area contributed by atoms with Crippen LogP contribution in [0.1, 0.15) is 64.2 Å². The maximum Gasteiger partial charge on any atom is 0.244 e. The van der Waals surface area contributed by atoms with Crippen molar-refractivity contribution in [1.82, 2.24) is 10.2 Å². The van der Waals surface area contributed by atoms with Crippen LogP contribution in [0.5, 0.6) is 0 Å². The monoisotopic (exact) mass is 515 g/mol. The Hall–Kier alpha value is -2.87. The van der Waals surface area contributed by atoms with Crippen LogP contribution >= 0.6 is 0 Å². The summed E-state index contributed by atoms with van der Waals surface area (Å²) in [6.45, 7) is 12.2.